The Morgan fingerprint density at radius 2 is 2.24 bits per heavy atom. The van der Waals surface area contributed by atoms with E-state index in [-0.39, 0.29) is 18.4 Å². The highest BCUT2D eigenvalue weighted by atomic mass is 16.4. The van der Waals surface area contributed by atoms with Crippen molar-refractivity contribution < 1.29 is 14.7 Å². The van der Waals surface area contributed by atoms with Crippen LogP contribution in [0.2, 0.25) is 0 Å². The van der Waals surface area contributed by atoms with E-state index in [1.54, 1.807) is 6.07 Å². The van der Waals surface area contributed by atoms with Crippen LogP contribution in [0.4, 0.5) is 0 Å². The standard InChI is InChI=1S/C11H15N3O3/c1-8(3-2-4-10(15)16)14-11(17)9-5-6-12-13-7-9/h5-8H,2-4H2,1H3,(H,14,17)(H,15,16). The van der Waals surface area contributed by atoms with Gasteiger partial charge in [-0.05, 0) is 25.8 Å². The fraction of sp³-hybridized carbons (Fsp3) is 0.455. The normalized spacial score (nSPS) is 11.8. The van der Waals surface area contributed by atoms with Crippen LogP contribution in [0.15, 0.2) is 18.5 Å². The number of hydrogen-bond donors (Lipinski definition) is 2. The Morgan fingerprint density at radius 1 is 1.47 bits per heavy atom. The summed E-state index contributed by atoms with van der Waals surface area (Å²) in [7, 11) is 0. The van der Waals surface area contributed by atoms with Gasteiger partial charge in [0.1, 0.15) is 0 Å². The molecule has 6 nitrogen and oxygen atoms in total. The second kappa shape index (κ2) is 6.57. The zero-order chi connectivity index (χ0) is 12.7. The predicted octanol–water partition coefficient (Wildman–Crippen LogP) is 0.850. The molecule has 0 radical (unpaired) electrons. The van der Waals surface area contributed by atoms with Crippen LogP contribution in [-0.4, -0.2) is 33.2 Å². The molecule has 0 aliphatic rings. The molecule has 0 saturated heterocycles. The molecule has 0 spiro atoms. The number of carbonyl (C=O) groups excluding carboxylic acids is 1. The third kappa shape index (κ3) is 5.05. The summed E-state index contributed by atoms with van der Waals surface area (Å²) in [6.45, 7) is 1.84. The monoisotopic (exact) mass is 237 g/mol. The largest absolute Gasteiger partial charge is 0.481 e. The van der Waals surface area contributed by atoms with E-state index in [9.17, 15) is 9.59 Å². The molecule has 0 aliphatic carbocycles. The first-order valence-corrected chi connectivity index (χ1v) is 5.39. The fourth-order valence-corrected chi connectivity index (χ4v) is 1.36. The number of carboxylic acids is 1. The number of carbonyl (C=O) groups is 2. The molecular formula is C11H15N3O3. The van der Waals surface area contributed by atoms with Crippen LogP contribution >= 0.6 is 0 Å². The molecule has 1 aromatic rings. The van der Waals surface area contributed by atoms with Crippen molar-refractivity contribution >= 4 is 11.9 Å². The van der Waals surface area contributed by atoms with E-state index in [0.717, 1.165) is 0 Å². The lowest BCUT2D eigenvalue weighted by Crippen LogP contribution is -2.32. The molecule has 0 aromatic carbocycles. The highest BCUT2D eigenvalue weighted by molar-refractivity contribution is 5.93. The quantitative estimate of drug-likeness (QED) is 0.765. The minimum atomic E-state index is -0.818. The van der Waals surface area contributed by atoms with Crippen LogP contribution in [0.25, 0.3) is 0 Å². The first-order chi connectivity index (χ1) is 8.09. The Hall–Kier alpha value is -1.98. The minimum Gasteiger partial charge on any atom is -0.481 e. The van der Waals surface area contributed by atoms with Crippen molar-refractivity contribution in [1.82, 2.24) is 15.5 Å². The third-order valence-corrected chi connectivity index (χ3v) is 2.25. The van der Waals surface area contributed by atoms with E-state index in [4.69, 9.17) is 5.11 Å². The number of aliphatic carboxylic acids is 1. The summed E-state index contributed by atoms with van der Waals surface area (Å²) in [6.07, 6.45) is 4.14. The van der Waals surface area contributed by atoms with Gasteiger partial charge >= 0.3 is 5.97 Å². The summed E-state index contributed by atoms with van der Waals surface area (Å²) in [5.74, 6) is -1.04. The van der Waals surface area contributed by atoms with Crippen LogP contribution in [-0.2, 0) is 4.79 Å². The summed E-state index contributed by atoms with van der Waals surface area (Å²) < 4.78 is 0. The number of hydrogen-bond acceptors (Lipinski definition) is 4. The first kappa shape index (κ1) is 13.1. The van der Waals surface area contributed by atoms with Gasteiger partial charge < -0.3 is 10.4 Å². The molecular weight excluding hydrogens is 222 g/mol. The topological polar surface area (TPSA) is 92.2 Å². The Balaban J connectivity index is 2.34. The molecule has 17 heavy (non-hydrogen) atoms. The molecule has 1 heterocycles. The van der Waals surface area contributed by atoms with Gasteiger partial charge in [0.05, 0.1) is 18.0 Å². The lowest BCUT2D eigenvalue weighted by atomic mass is 10.1. The van der Waals surface area contributed by atoms with Crippen molar-refractivity contribution in [2.75, 3.05) is 0 Å². The van der Waals surface area contributed by atoms with E-state index in [0.29, 0.717) is 18.4 Å². The van der Waals surface area contributed by atoms with E-state index in [1.807, 2.05) is 6.92 Å². The number of aromatic nitrogens is 2. The zero-order valence-electron chi connectivity index (χ0n) is 9.59. The second-order valence-corrected chi connectivity index (χ2v) is 3.79. The molecule has 0 aliphatic heterocycles. The van der Waals surface area contributed by atoms with Gasteiger partial charge in [0, 0.05) is 12.5 Å². The van der Waals surface area contributed by atoms with Crippen molar-refractivity contribution in [2.45, 2.75) is 32.2 Å². The molecule has 1 unspecified atom stereocenters. The molecule has 0 saturated carbocycles. The lowest BCUT2D eigenvalue weighted by molar-refractivity contribution is -0.137. The molecule has 0 bridgehead atoms. The van der Waals surface area contributed by atoms with E-state index < -0.39 is 5.97 Å². The molecule has 1 amide bonds. The van der Waals surface area contributed by atoms with Gasteiger partial charge in [-0.3, -0.25) is 9.59 Å². The maximum Gasteiger partial charge on any atom is 0.303 e. The van der Waals surface area contributed by atoms with Gasteiger partial charge in [-0.2, -0.15) is 10.2 Å². The Labute approximate surface area is 99.1 Å². The van der Waals surface area contributed by atoms with Crippen LogP contribution < -0.4 is 5.32 Å². The van der Waals surface area contributed by atoms with Gasteiger partial charge in [-0.1, -0.05) is 0 Å². The van der Waals surface area contributed by atoms with Crippen LogP contribution in [0.3, 0.4) is 0 Å². The van der Waals surface area contributed by atoms with Crippen molar-refractivity contribution in [1.29, 1.82) is 0 Å². The second-order valence-electron chi connectivity index (χ2n) is 3.79. The number of rotatable bonds is 6. The number of nitrogens with one attached hydrogen (secondary N) is 1. The van der Waals surface area contributed by atoms with Crippen LogP contribution in [0.5, 0.6) is 0 Å². The summed E-state index contributed by atoms with van der Waals surface area (Å²) in [6, 6.07) is 1.52. The molecule has 1 rings (SSSR count). The Morgan fingerprint density at radius 3 is 2.82 bits per heavy atom. The molecule has 6 heteroatoms. The van der Waals surface area contributed by atoms with Crippen LogP contribution in [0.1, 0.15) is 36.5 Å². The third-order valence-electron chi connectivity index (χ3n) is 2.25. The van der Waals surface area contributed by atoms with E-state index in [2.05, 4.69) is 15.5 Å². The summed E-state index contributed by atoms with van der Waals surface area (Å²) >= 11 is 0. The first-order valence-electron chi connectivity index (χ1n) is 5.39. The van der Waals surface area contributed by atoms with Crippen molar-refractivity contribution in [3.05, 3.63) is 24.0 Å². The fourth-order valence-electron chi connectivity index (χ4n) is 1.36. The van der Waals surface area contributed by atoms with E-state index >= 15 is 0 Å². The molecule has 0 fully saturated rings. The molecule has 2 N–H and O–H groups in total. The summed E-state index contributed by atoms with van der Waals surface area (Å²) in [4.78, 5) is 22.0. The highest BCUT2D eigenvalue weighted by Crippen LogP contribution is 2.02. The van der Waals surface area contributed by atoms with Crippen molar-refractivity contribution in [2.24, 2.45) is 0 Å². The van der Waals surface area contributed by atoms with E-state index in [1.165, 1.54) is 12.4 Å². The summed E-state index contributed by atoms with van der Waals surface area (Å²) in [5, 5.41) is 18.4. The summed E-state index contributed by atoms with van der Waals surface area (Å²) in [5.41, 5.74) is 0.449. The van der Waals surface area contributed by atoms with Gasteiger partial charge in [-0.15, -0.1) is 0 Å². The predicted molar refractivity (Wildman–Crippen MR) is 60.4 cm³/mol. The zero-order valence-corrected chi connectivity index (χ0v) is 9.59. The van der Waals surface area contributed by atoms with Gasteiger partial charge in [-0.25, -0.2) is 0 Å². The average molecular weight is 237 g/mol. The van der Waals surface area contributed by atoms with Crippen molar-refractivity contribution in [3.8, 4) is 0 Å². The Kier molecular flexibility index (Phi) is 5.06. The highest BCUT2D eigenvalue weighted by Gasteiger charge is 2.10. The number of carboxylic acid groups (broad SMARTS) is 1. The average Bonchev–Trinajstić information content (AvgIpc) is 2.29. The number of nitrogens with zero attached hydrogens (tertiary/aromatic N) is 2. The lowest BCUT2D eigenvalue weighted by Gasteiger charge is -2.12. The molecule has 1 aromatic heterocycles. The van der Waals surface area contributed by atoms with Crippen molar-refractivity contribution in [3.63, 3.8) is 0 Å². The van der Waals surface area contributed by atoms with Gasteiger partial charge in [0.2, 0.25) is 0 Å². The minimum absolute atomic E-state index is 0.0602. The van der Waals surface area contributed by atoms with Crippen LogP contribution in [0, 0.1) is 0 Å². The maximum absolute atomic E-state index is 11.7. The smallest absolute Gasteiger partial charge is 0.303 e. The van der Waals surface area contributed by atoms with Gasteiger partial charge in [0.25, 0.3) is 5.91 Å². The number of amides is 1. The molecule has 92 valence electrons. The van der Waals surface area contributed by atoms with Gasteiger partial charge in [0.15, 0.2) is 0 Å². The Bertz CT molecular complexity index is 381. The molecule has 1 atom stereocenters. The maximum atomic E-state index is 11.7. The SMILES string of the molecule is CC(CCCC(=O)O)NC(=O)c1ccnnc1.